The smallest absolute Gasteiger partial charge is 0.335 e. The molecule has 10 heteroatoms. The van der Waals surface area contributed by atoms with E-state index in [4.69, 9.17) is 9.84 Å². The van der Waals surface area contributed by atoms with Gasteiger partial charge in [0.05, 0.1) is 18.4 Å². The predicted molar refractivity (Wildman–Crippen MR) is 70.3 cm³/mol. The van der Waals surface area contributed by atoms with Crippen LogP contribution in [-0.4, -0.2) is 39.0 Å². The van der Waals surface area contributed by atoms with E-state index in [1.54, 1.807) is 0 Å². The van der Waals surface area contributed by atoms with Crippen LogP contribution in [0.1, 0.15) is 10.4 Å². The minimum absolute atomic E-state index is 0.0266. The number of aromatic carboxylic acids is 1. The standard InChI is InChI=1S/C10H9N5O4S/c1-19-7-3-2-5(8(16)17)4-6(7)11-9(18)12-10-13-14-15-20-10/h2-4H,1H3,(H,16,17)(H2,11,12,13,15,18). The average Bonchev–Trinajstić information content (AvgIpc) is 2.91. The Morgan fingerprint density at radius 2 is 2.15 bits per heavy atom. The van der Waals surface area contributed by atoms with Crippen molar-refractivity contribution in [2.75, 3.05) is 17.7 Å². The Kier molecular flexibility index (Phi) is 4.05. The first-order valence-corrected chi connectivity index (χ1v) is 6.02. The van der Waals surface area contributed by atoms with Gasteiger partial charge < -0.3 is 15.2 Å². The summed E-state index contributed by atoms with van der Waals surface area (Å²) in [5, 5.41) is 20.9. The highest BCUT2D eigenvalue weighted by atomic mass is 32.1. The maximum atomic E-state index is 11.7. The fourth-order valence-corrected chi connectivity index (χ4v) is 1.73. The SMILES string of the molecule is COc1ccc(C(=O)O)cc1NC(=O)Nc1nnns1. The van der Waals surface area contributed by atoms with Crippen LogP contribution in [0, 0.1) is 0 Å². The first-order chi connectivity index (χ1) is 9.60. The van der Waals surface area contributed by atoms with E-state index in [-0.39, 0.29) is 16.4 Å². The molecule has 2 aromatic rings. The minimum atomic E-state index is -1.11. The van der Waals surface area contributed by atoms with E-state index in [1.807, 2.05) is 0 Å². The summed E-state index contributed by atoms with van der Waals surface area (Å²) < 4.78 is 8.53. The van der Waals surface area contributed by atoms with Crippen LogP contribution in [0.3, 0.4) is 0 Å². The van der Waals surface area contributed by atoms with Gasteiger partial charge in [0.15, 0.2) is 0 Å². The number of nitrogens with zero attached hydrogens (tertiary/aromatic N) is 3. The molecule has 0 radical (unpaired) electrons. The largest absolute Gasteiger partial charge is 0.495 e. The van der Waals surface area contributed by atoms with Crippen molar-refractivity contribution >= 4 is 34.4 Å². The summed E-state index contributed by atoms with van der Waals surface area (Å²) in [6, 6.07) is 3.51. The van der Waals surface area contributed by atoms with E-state index in [0.717, 1.165) is 11.5 Å². The number of urea groups is 1. The summed E-state index contributed by atoms with van der Waals surface area (Å²) in [5.41, 5.74) is 0.251. The zero-order valence-electron chi connectivity index (χ0n) is 10.2. The molecule has 0 spiro atoms. The summed E-state index contributed by atoms with van der Waals surface area (Å²) in [6.45, 7) is 0. The molecular formula is C10H9N5O4S. The predicted octanol–water partition coefficient (Wildman–Crippen LogP) is 1.28. The molecule has 0 bridgehead atoms. The quantitative estimate of drug-likeness (QED) is 0.775. The summed E-state index contributed by atoms with van der Waals surface area (Å²) in [6.07, 6.45) is 0. The van der Waals surface area contributed by atoms with Crippen LogP contribution in [0.15, 0.2) is 18.2 Å². The highest BCUT2D eigenvalue weighted by Crippen LogP contribution is 2.25. The van der Waals surface area contributed by atoms with Gasteiger partial charge in [-0.1, -0.05) is 9.59 Å². The molecule has 2 amide bonds. The number of benzene rings is 1. The molecule has 0 fully saturated rings. The zero-order chi connectivity index (χ0) is 14.5. The Morgan fingerprint density at radius 3 is 2.75 bits per heavy atom. The van der Waals surface area contributed by atoms with Crippen LogP contribution in [0.4, 0.5) is 15.6 Å². The Bertz CT molecular complexity index is 631. The molecular weight excluding hydrogens is 286 g/mol. The Balaban J connectivity index is 2.16. The van der Waals surface area contributed by atoms with Gasteiger partial charge in [0, 0.05) is 11.5 Å². The monoisotopic (exact) mass is 295 g/mol. The summed E-state index contributed by atoms with van der Waals surface area (Å²) in [7, 11) is 1.41. The molecule has 1 heterocycles. The number of carboxylic acids is 1. The maximum Gasteiger partial charge on any atom is 0.335 e. The van der Waals surface area contributed by atoms with E-state index in [0.29, 0.717) is 5.75 Å². The molecule has 2 rings (SSSR count). The van der Waals surface area contributed by atoms with Gasteiger partial charge in [0.1, 0.15) is 5.75 Å². The molecule has 0 saturated heterocycles. The number of hydrogen-bond acceptors (Lipinski definition) is 7. The van der Waals surface area contributed by atoms with Crippen LogP contribution in [-0.2, 0) is 0 Å². The van der Waals surface area contributed by atoms with Crippen LogP contribution in [0.2, 0.25) is 0 Å². The van der Waals surface area contributed by atoms with E-state index < -0.39 is 12.0 Å². The van der Waals surface area contributed by atoms with Gasteiger partial charge in [0.25, 0.3) is 0 Å². The van der Waals surface area contributed by atoms with Crippen LogP contribution in [0.25, 0.3) is 0 Å². The fourth-order valence-electron chi connectivity index (χ4n) is 1.37. The van der Waals surface area contributed by atoms with Crippen molar-refractivity contribution in [1.29, 1.82) is 0 Å². The number of carbonyl (C=O) groups excluding carboxylic acids is 1. The Hall–Kier alpha value is -2.75. The molecule has 9 nitrogen and oxygen atoms in total. The van der Waals surface area contributed by atoms with Gasteiger partial charge >= 0.3 is 12.0 Å². The second-order valence-corrected chi connectivity index (χ2v) is 4.20. The second-order valence-electron chi connectivity index (χ2n) is 3.47. The van der Waals surface area contributed by atoms with Gasteiger partial charge in [-0.05, 0) is 23.4 Å². The zero-order valence-corrected chi connectivity index (χ0v) is 11.0. The number of ether oxygens (including phenoxy) is 1. The van der Waals surface area contributed by atoms with E-state index in [9.17, 15) is 9.59 Å². The molecule has 0 atom stereocenters. The van der Waals surface area contributed by atoms with E-state index in [1.165, 1.54) is 25.3 Å². The van der Waals surface area contributed by atoms with Gasteiger partial charge in [-0.3, -0.25) is 5.32 Å². The summed E-state index contributed by atoms with van der Waals surface area (Å²) in [5.74, 6) is -0.773. The highest BCUT2D eigenvalue weighted by Gasteiger charge is 2.12. The van der Waals surface area contributed by atoms with Crippen molar-refractivity contribution in [2.45, 2.75) is 0 Å². The molecule has 20 heavy (non-hydrogen) atoms. The van der Waals surface area contributed by atoms with Crippen LogP contribution >= 0.6 is 11.5 Å². The average molecular weight is 295 g/mol. The van der Waals surface area contributed by atoms with E-state index in [2.05, 4.69) is 25.4 Å². The normalized spacial score (nSPS) is 9.85. The molecule has 3 N–H and O–H groups in total. The lowest BCUT2D eigenvalue weighted by Crippen LogP contribution is -2.20. The topological polar surface area (TPSA) is 126 Å². The first kappa shape index (κ1) is 13.7. The third-order valence-corrected chi connectivity index (χ3v) is 2.73. The lowest BCUT2D eigenvalue weighted by molar-refractivity contribution is 0.0697. The lowest BCUT2D eigenvalue weighted by atomic mass is 10.2. The number of carboxylic acid groups (broad SMARTS) is 1. The van der Waals surface area contributed by atoms with Gasteiger partial charge in [-0.15, -0.1) is 0 Å². The van der Waals surface area contributed by atoms with Gasteiger partial charge in [0.2, 0.25) is 5.13 Å². The van der Waals surface area contributed by atoms with E-state index >= 15 is 0 Å². The number of amides is 2. The number of hydrogen-bond donors (Lipinski definition) is 3. The van der Waals surface area contributed by atoms with Crippen molar-refractivity contribution in [2.24, 2.45) is 0 Å². The molecule has 1 aromatic carbocycles. The van der Waals surface area contributed by atoms with Gasteiger partial charge in [-0.25, -0.2) is 9.59 Å². The van der Waals surface area contributed by atoms with Crippen molar-refractivity contribution in [3.63, 3.8) is 0 Å². The van der Waals surface area contributed by atoms with Crippen LogP contribution < -0.4 is 15.4 Å². The molecule has 0 unspecified atom stereocenters. The Morgan fingerprint density at radius 1 is 1.35 bits per heavy atom. The van der Waals surface area contributed by atoms with Gasteiger partial charge in [-0.2, -0.15) is 0 Å². The number of methoxy groups -OCH3 is 1. The molecule has 0 aliphatic carbocycles. The first-order valence-electron chi connectivity index (χ1n) is 5.24. The number of rotatable bonds is 4. The third-order valence-electron chi connectivity index (χ3n) is 2.21. The van der Waals surface area contributed by atoms with Crippen molar-refractivity contribution in [3.05, 3.63) is 23.8 Å². The van der Waals surface area contributed by atoms with Crippen molar-refractivity contribution < 1.29 is 19.4 Å². The number of nitrogens with one attached hydrogen (secondary N) is 2. The van der Waals surface area contributed by atoms with Crippen molar-refractivity contribution in [3.8, 4) is 5.75 Å². The molecule has 0 aliphatic rings. The van der Waals surface area contributed by atoms with Crippen molar-refractivity contribution in [1.82, 2.24) is 14.8 Å². The fraction of sp³-hybridized carbons (Fsp3) is 0.100. The molecule has 0 aliphatic heterocycles. The maximum absolute atomic E-state index is 11.7. The molecule has 0 saturated carbocycles. The molecule has 1 aromatic heterocycles. The number of aromatic nitrogens is 3. The Labute approximate surface area is 116 Å². The third kappa shape index (κ3) is 3.17. The van der Waals surface area contributed by atoms with Crippen LogP contribution in [0.5, 0.6) is 5.75 Å². The summed E-state index contributed by atoms with van der Waals surface area (Å²) in [4.78, 5) is 22.6. The number of anilines is 2. The number of carbonyl (C=O) groups is 2. The molecule has 104 valence electrons. The second kappa shape index (κ2) is 5.93. The lowest BCUT2D eigenvalue weighted by Gasteiger charge is -2.10. The minimum Gasteiger partial charge on any atom is -0.495 e. The highest BCUT2D eigenvalue weighted by molar-refractivity contribution is 7.09. The summed E-state index contributed by atoms with van der Waals surface area (Å²) >= 11 is 0.910.